The predicted octanol–water partition coefficient (Wildman–Crippen LogP) is 19.4. The van der Waals surface area contributed by atoms with Gasteiger partial charge in [-0.05, 0) is 129 Å². The van der Waals surface area contributed by atoms with Gasteiger partial charge in [-0.15, -0.1) is 0 Å². The van der Waals surface area contributed by atoms with E-state index in [0.29, 0.717) is 34.6 Å². The lowest BCUT2D eigenvalue weighted by Crippen LogP contribution is -2.03. The van der Waals surface area contributed by atoms with E-state index < -0.39 is 17.5 Å². The number of benzene rings is 3. The van der Waals surface area contributed by atoms with Crippen LogP contribution in [-0.2, 0) is 0 Å². The highest BCUT2D eigenvalue weighted by Crippen LogP contribution is 2.30. The third-order valence-electron chi connectivity index (χ3n) is 11.2. The standard InChI is InChI=1S/2C12H16F2.C12H17F.2C11H16FN/c1-7(2)9-5-10(8(3)4)12(14)11(13)6-9;1-7(2)9-5-6-10(13)11(8(3)4)12(9)14;1-8(2)10-5-6-12(13)11(7-10)9(3)4;1-7(2)9-5-11(8(3)4)13-6-10(9)12;1-7(2)10-6-5-9(12)11(13-10)8(3)4/h2*5-8H,1-4H3;5-9H,1-4H3;2*5-8H,1-4H3. The molecule has 372 valence electrons. The summed E-state index contributed by atoms with van der Waals surface area (Å²) in [5.41, 5.74) is 7.42. The zero-order chi connectivity index (χ0) is 51.8. The van der Waals surface area contributed by atoms with Crippen molar-refractivity contribution in [1.29, 1.82) is 0 Å². The Kier molecular flexibility index (Phi) is 25.3. The minimum absolute atomic E-state index is 0.0169. The molecule has 0 N–H and O–H groups in total. The van der Waals surface area contributed by atoms with E-state index in [9.17, 15) is 30.7 Å². The molecule has 0 radical (unpaired) electrons. The molecule has 3 aromatic carbocycles. The Bertz CT molecular complexity index is 2120. The highest BCUT2D eigenvalue weighted by atomic mass is 19.2. The summed E-state index contributed by atoms with van der Waals surface area (Å²) >= 11 is 0. The zero-order valence-corrected chi connectivity index (χ0v) is 44.2. The normalized spacial score (nSPS) is 11.4. The van der Waals surface area contributed by atoms with Crippen molar-refractivity contribution in [2.75, 3.05) is 0 Å². The van der Waals surface area contributed by atoms with Crippen LogP contribution < -0.4 is 0 Å². The highest BCUT2D eigenvalue weighted by Gasteiger charge is 2.18. The van der Waals surface area contributed by atoms with E-state index >= 15 is 0 Å². The van der Waals surface area contributed by atoms with Crippen LogP contribution in [0.25, 0.3) is 0 Å². The number of pyridine rings is 2. The average molecular weight is 939 g/mol. The molecule has 2 heterocycles. The largest absolute Gasteiger partial charge is 0.258 e. The van der Waals surface area contributed by atoms with Gasteiger partial charge in [-0.2, -0.15) is 0 Å². The van der Waals surface area contributed by atoms with E-state index in [1.54, 1.807) is 32.0 Å². The summed E-state index contributed by atoms with van der Waals surface area (Å²) in [6.07, 6.45) is 1.32. The first-order valence-electron chi connectivity index (χ1n) is 24.0. The van der Waals surface area contributed by atoms with Crippen LogP contribution in [0.4, 0.5) is 30.7 Å². The third kappa shape index (κ3) is 18.8. The van der Waals surface area contributed by atoms with Crippen LogP contribution >= 0.6 is 0 Å². The zero-order valence-electron chi connectivity index (χ0n) is 44.2. The van der Waals surface area contributed by atoms with Gasteiger partial charge in [-0.25, -0.2) is 30.7 Å². The van der Waals surface area contributed by atoms with Crippen LogP contribution in [0.1, 0.15) is 254 Å². The van der Waals surface area contributed by atoms with Crippen LogP contribution in [0.15, 0.2) is 66.9 Å². The molecule has 0 saturated carbocycles. The lowest BCUT2D eigenvalue weighted by atomic mass is 9.94. The summed E-state index contributed by atoms with van der Waals surface area (Å²) < 4.78 is 93.3. The monoisotopic (exact) mass is 939 g/mol. The lowest BCUT2D eigenvalue weighted by molar-refractivity contribution is 0.491. The molecule has 5 rings (SSSR count). The Hall–Kier alpha value is -4.53. The van der Waals surface area contributed by atoms with Crippen molar-refractivity contribution >= 4 is 0 Å². The SMILES string of the molecule is CC(C)c1cc(C(C)C)c(F)cn1.CC(C)c1cc(F)c(F)c(C(C)C)c1.CC(C)c1ccc(F)c(C(C)C)c1.CC(C)c1ccc(F)c(C(C)C)c1F.CC(C)c1ccc(F)c(C(C)C)n1. The van der Waals surface area contributed by atoms with Crippen LogP contribution in [0.5, 0.6) is 0 Å². The van der Waals surface area contributed by atoms with Crippen molar-refractivity contribution in [3.63, 3.8) is 0 Å². The molecule has 0 saturated heterocycles. The first-order chi connectivity index (χ1) is 30.9. The molecule has 0 bridgehead atoms. The first-order valence-corrected chi connectivity index (χ1v) is 24.0. The second-order valence-electron chi connectivity index (χ2n) is 20.3. The summed E-state index contributed by atoms with van der Waals surface area (Å²) in [6.45, 7) is 39.5. The van der Waals surface area contributed by atoms with Gasteiger partial charge in [-0.1, -0.05) is 163 Å². The molecule has 2 nitrogen and oxygen atoms in total. The minimum atomic E-state index is -0.736. The summed E-state index contributed by atoms with van der Waals surface area (Å²) in [6, 6.07) is 16.5. The van der Waals surface area contributed by atoms with Gasteiger partial charge >= 0.3 is 0 Å². The van der Waals surface area contributed by atoms with Crippen molar-refractivity contribution in [3.05, 3.63) is 164 Å². The average Bonchev–Trinajstić information content (AvgIpc) is 3.22. The maximum absolute atomic E-state index is 13.8. The Morgan fingerprint density at radius 3 is 1.22 bits per heavy atom. The predicted molar refractivity (Wildman–Crippen MR) is 268 cm³/mol. The fraction of sp³-hybridized carbons (Fsp3) is 0.517. The molecular weight excluding hydrogens is 858 g/mol. The van der Waals surface area contributed by atoms with Crippen LogP contribution in [0.2, 0.25) is 0 Å². The fourth-order valence-corrected chi connectivity index (χ4v) is 6.74. The van der Waals surface area contributed by atoms with Crippen LogP contribution in [0.3, 0.4) is 0 Å². The number of nitrogens with zero attached hydrogens (tertiary/aromatic N) is 2. The molecule has 67 heavy (non-hydrogen) atoms. The second-order valence-corrected chi connectivity index (χ2v) is 20.3. The van der Waals surface area contributed by atoms with Gasteiger partial charge in [0.1, 0.15) is 29.1 Å². The van der Waals surface area contributed by atoms with Crippen molar-refractivity contribution in [2.45, 2.75) is 198 Å². The number of aromatic nitrogens is 2. The molecular formula is C58H81F7N2. The van der Waals surface area contributed by atoms with E-state index in [1.165, 1.54) is 36.0 Å². The Morgan fingerprint density at radius 1 is 0.313 bits per heavy atom. The van der Waals surface area contributed by atoms with E-state index in [2.05, 4.69) is 51.5 Å². The molecule has 0 aliphatic heterocycles. The fourth-order valence-electron chi connectivity index (χ4n) is 6.74. The van der Waals surface area contributed by atoms with Crippen LogP contribution in [-0.4, -0.2) is 9.97 Å². The topological polar surface area (TPSA) is 25.8 Å². The third-order valence-corrected chi connectivity index (χ3v) is 11.2. The molecule has 0 spiro atoms. The van der Waals surface area contributed by atoms with Crippen molar-refractivity contribution in [2.24, 2.45) is 0 Å². The van der Waals surface area contributed by atoms with Gasteiger partial charge < -0.3 is 0 Å². The van der Waals surface area contributed by atoms with Gasteiger partial charge in [0.2, 0.25) is 0 Å². The molecule has 9 heteroatoms. The quantitative estimate of drug-likeness (QED) is 0.130. The van der Waals surface area contributed by atoms with Crippen molar-refractivity contribution in [3.8, 4) is 0 Å². The minimum Gasteiger partial charge on any atom is -0.258 e. The van der Waals surface area contributed by atoms with Crippen molar-refractivity contribution in [1.82, 2.24) is 9.97 Å². The van der Waals surface area contributed by atoms with Gasteiger partial charge in [0.15, 0.2) is 11.6 Å². The van der Waals surface area contributed by atoms with Gasteiger partial charge in [0, 0.05) is 17.0 Å². The lowest BCUT2D eigenvalue weighted by Gasteiger charge is -2.14. The number of halogens is 7. The summed E-state index contributed by atoms with van der Waals surface area (Å²) in [7, 11) is 0. The molecule has 0 fully saturated rings. The smallest absolute Gasteiger partial charge is 0.162 e. The van der Waals surface area contributed by atoms with Gasteiger partial charge in [0.25, 0.3) is 0 Å². The molecule has 0 aliphatic rings. The van der Waals surface area contributed by atoms with Gasteiger partial charge in [-0.3, -0.25) is 9.97 Å². The molecule has 0 amide bonds. The Labute approximate surface area is 400 Å². The molecule has 0 aliphatic carbocycles. The number of hydrogen-bond donors (Lipinski definition) is 0. The molecule has 5 aromatic rings. The maximum Gasteiger partial charge on any atom is 0.162 e. The van der Waals surface area contributed by atoms with E-state index in [4.69, 9.17) is 0 Å². The second kappa shape index (κ2) is 28.1. The van der Waals surface area contributed by atoms with E-state index in [-0.39, 0.29) is 70.3 Å². The number of hydrogen-bond acceptors (Lipinski definition) is 2. The maximum atomic E-state index is 13.8. The number of rotatable bonds is 10. The van der Waals surface area contributed by atoms with E-state index in [0.717, 1.165) is 28.1 Å². The van der Waals surface area contributed by atoms with Crippen LogP contribution in [0, 0.1) is 40.7 Å². The Balaban J connectivity index is 0.000000419. The van der Waals surface area contributed by atoms with E-state index in [1.807, 2.05) is 101 Å². The van der Waals surface area contributed by atoms with Gasteiger partial charge in [0.05, 0.1) is 11.9 Å². The molecule has 0 unspecified atom stereocenters. The van der Waals surface area contributed by atoms with Crippen molar-refractivity contribution < 1.29 is 30.7 Å². The summed E-state index contributed by atoms with van der Waals surface area (Å²) in [5, 5.41) is 0. The highest BCUT2D eigenvalue weighted by molar-refractivity contribution is 5.33. The molecule has 0 atom stereocenters. The first kappa shape index (κ1) is 60.5. The molecule has 2 aromatic heterocycles. The Morgan fingerprint density at radius 2 is 0.776 bits per heavy atom. The summed E-state index contributed by atoms with van der Waals surface area (Å²) in [5.74, 6) is -0.695. The summed E-state index contributed by atoms with van der Waals surface area (Å²) in [4.78, 5) is 8.34.